The van der Waals surface area contributed by atoms with Crippen molar-refractivity contribution in [2.24, 2.45) is 11.7 Å². The van der Waals surface area contributed by atoms with Gasteiger partial charge in [0.1, 0.15) is 18.1 Å². The second kappa shape index (κ2) is 17.0. The average molecular weight is 569 g/mol. The molecule has 0 aliphatic rings. The molecule has 0 spiro atoms. The van der Waals surface area contributed by atoms with Crippen LogP contribution >= 0.6 is 25.3 Å². The van der Waals surface area contributed by atoms with E-state index >= 15 is 0 Å². The number of rotatable bonds is 16. The number of hydrogen-bond donors (Lipinski definition) is 11. The summed E-state index contributed by atoms with van der Waals surface area (Å²) in [6.07, 6.45) is -1.42. The molecule has 6 atom stereocenters. The van der Waals surface area contributed by atoms with Crippen molar-refractivity contribution < 1.29 is 44.1 Å². The van der Waals surface area contributed by atoms with Crippen LogP contribution in [0.3, 0.4) is 0 Å². The van der Waals surface area contributed by atoms with Gasteiger partial charge in [-0.15, -0.1) is 0 Å². The zero-order chi connectivity index (χ0) is 28.9. The number of aliphatic hydroxyl groups is 2. The number of carbonyl (C=O) groups is 6. The summed E-state index contributed by atoms with van der Waals surface area (Å²) in [7, 11) is 0. The van der Waals surface area contributed by atoms with Crippen molar-refractivity contribution in [2.75, 3.05) is 24.7 Å². The molecule has 0 heterocycles. The van der Waals surface area contributed by atoms with Crippen molar-refractivity contribution in [3.63, 3.8) is 0 Å². The third-order valence-electron chi connectivity index (χ3n) is 4.96. The standard InChI is InChI=1S/C20H36N6O9S2/c1-8(2)14(21)19(33)22-4-13(29)23-10(5-27)16(30)24-11(6-36)17(31)25-12(7-37)18(32)26-15(9(3)28)20(34)35/h8-12,14-15,27-28,36-37H,4-7,21H2,1-3H3,(H,22,33)(H,23,29)(H,24,30)(H,25,31)(H,26,32)(H,34,35)/t9-,10+,11+,12+,14+,15+/m1/s1. The van der Waals surface area contributed by atoms with Gasteiger partial charge in [-0.25, -0.2) is 4.79 Å². The minimum Gasteiger partial charge on any atom is -0.480 e. The fraction of sp³-hybridized carbons (Fsp3) is 0.700. The Morgan fingerprint density at radius 2 is 1.24 bits per heavy atom. The van der Waals surface area contributed by atoms with Crippen LogP contribution in [0.5, 0.6) is 0 Å². The van der Waals surface area contributed by atoms with Gasteiger partial charge in [0.05, 0.1) is 25.3 Å². The van der Waals surface area contributed by atoms with Crippen LogP contribution in [0.25, 0.3) is 0 Å². The van der Waals surface area contributed by atoms with E-state index in [1.54, 1.807) is 13.8 Å². The van der Waals surface area contributed by atoms with Gasteiger partial charge in [0.15, 0.2) is 6.04 Å². The fourth-order valence-electron chi connectivity index (χ4n) is 2.60. The summed E-state index contributed by atoms with van der Waals surface area (Å²) in [5.74, 6) is -6.34. The Labute approximate surface area is 224 Å². The first-order chi connectivity index (χ1) is 17.2. The van der Waals surface area contributed by atoms with E-state index in [1.807, 2.05) is 0 Å². The third-order valence-corrected chi connectivity index (χ3v) is 5.69. The van der Waals surface area contributed by atoms with Crippen molar-refractivity contribution in [1.82, 2.24) is 26.6 Å². The maximum absolute atomic E-state index is 12.6. The van der Waals surface area contributed by atoms with E-state index in [0.29, 0.717) is 0 Å². The first kappa shape index (κ1) is 34.4. The molecule has 0 radical (unpaired) electrons. The second-order valence-electron chi connectivity index (χ2n) is 8.34. The highest BCUT2D eigenvalue weighted by Gasteiger charge is 2.31. The normalized spacial score (nSPS) is 15.8. The van der Waals surface area contributed by atoms with Crippen LogP contribution < -0.4 is 32.3 Å². The topological polar surface area (TPSA) is 249 Å². The maximum Gasteiger partial charge on any atom is 0.328 e. The Balaban J connectivity index is 5.08. The van der Waals surface area contributed by atoms with Gasteiger partial charge in [-0.1, -0.05) is 13.8 Å². The molecule has 0 rings (SSSR count). The third kappa shape index (κ3) is 12.0. The van der Waals surface area contributed by atoms with Crippen molar-refractivity contribution in [1.29, 1.82) is 0 Å². The van der Waals surface area contributed by atoms with E-state index in [0.717, 1.165) is 6.92 Å². The van der Waals surface area contributed by atoms with Crippen molar-refractivity contribution in [2.45, 2.75) is 57.1 Å². The molecule has 10 N–H and O–H groups in total. The van der Waals surface area contributed by atoms with Gasteiger partial charge >= 0.3 is 5.97 Å². The molecule has 0 aliphatic carbocycles. The lowest BCUT2D eigenvalue weighted by Crippen LogP contribution is -2.60. The molecule has 5 amide bonds. The predicted octanol–water partition coefficient (Wildman–Crippen LogP) is -4.66. The Morgan fingerprint density at radius 3 is 1.62 bits per heavy atom. The number of amides is 5. The number of aliphatic carboxylic acids is 1. The summed E-state index contributed by atoms with van der Waals surface area (Å²) in [6.45, 7) is 3.25. The minimum atomic E-state index is -1.63. The van der Waals surface area contributed by atoms with Crippen LogP contribution in [0, 0.1) is 5.92 Å². The van der Waals surface area contributed by atoms with Gasteiger partial charge in [-0.05, 0) is 12.8 Å². The molecule has 15 nitrogen and oxygen atoms in total. The average Bonchev–Trinajstić information content (AvgIpc) is 2.84. The van der Waals surface area contributed by atoms with E-state index in [-0.39, 0.29) is 17.4 Å². The highest BCUT2D eigenvalue weighted by atomic mass is 32.1. The van der Waals surface area contributed by atoms with E-state index in [2.05, 4.69) is 51.8 Å². The Hall–Kier alpha value is -2.60. The van der Waals surface area contributed by atoms with Crippen molar-refractivity contribution in [3.8, 4) is 0 Å². The van der Waals surface area contributed by atoms with Gasteiger partial charge in [-0.2, -0.15) is 25.3 Å². The Kier molecular flexibility index (Phi) is 15.8. The molecule has 0 aromatic heterocycles. The molecule has 0 saturated carbocycles. The lowest BCUT2D eigenvalue weighted by atomic mass is 10.1. The van der Waals surface area contributed by atoms with Crippen molar-refractivity contribution >= 4 is 60.8 Å². The van der Waals surface area contributed by atoms with Gasteiger partial charge < -0.3 is 47.6 Å². The molecule has 0 aromatic rings. The monoisotopic (exact) mass is 568 g/mol. The summed E-state index contributed by atoms with van der Waals surface area (Å²) in [6, 6.07) is -6.61. The summed E-state index contributed by atoms with van der Waals surface area (Å²) in [4.78, 5) is 72.6. The lowest BCUT2D eigenvalue weighted by Gasteiger charge is -2.25. The van der Waals surface area contributed by atoms with E-state index in [9.17, 15) is 39.0 Å². The molecule has 0 fully saturated rings. The largest absolute Gasteiger partial charge is 0.480 e. The number of hydrogen-bond acceptors (Lipinski definition) is 11. The van der Waals surface area contributed by atoms with Crippen LogP contribution in [-0.4, -0.2) is 112 Å². The van der Waals surface area contributed by atoms with Crippen LogP contribution in [0.1, 0.15) is 20.8 Å². The molecular formula is C20H36N6O9S2. The SMILES string of the molecule is CC(C)[C@H](N)C(=O)NCC(=O)N[C@@H](CO)C(=O)N[C@@H](CS)C(=O)N[C@@H](CS)C(=O)N[C@H](C(=O)O)[C@@H](C)O. The minimum absolute atomic E-state index is 0.173. The summed E-state index contributed by atoms with van der Waals surface area (Å²) < 4.78 is 0. The highest BCUT2D eigenvalue weighted by Crippen LogP contribution is 2.00. The fourth-order valence-corrected chi connectivity index (χ4v) is 3.12. The number of carboxylic acid groups (broad SMARTS) is 1. The molecular weight excluding hydrogens is 532 g/mol. The first-order valence-corrected chi connectivity index (χ1v) is 12.4. The first-order valence-electron chi connectivity index (χ1n) is 11.2. The van der Waals surface area contributed by atoms with Gasteiger partial charge in [0.25, 0.3) is 0 Å². The lowest BCUT2D eigenvalue weighted by molar-refractivity contribution is -0.145. The Morgan fingerprint density at radius 1 is 0.784 bits per heavy atom. The smallest absolute Gasteiger partial charge is 0.328 e. The van der Waals surface area contributed by atoms with Gasteiger partial charge in [0, 0.05) is 11.5 Å². The second-order valence-corrected chi connectivity index (χ2v) is 9.07. The van der Waals surface area contributed by atoms with E-state index in [4.69, 9.17) is 10.8 Å². The van der Waals surface area contributed by atoms with Gasteiger partial charge in [-0.3, -0.25) is 24.0 Å². The molecule has 0 aliphatic heterocycles. The zero-order valence-electron chi connectivity index (χ0n) is 20.6. The molecule has 0 bridgehead atoms. The molecule has 0 unspecified atom stereocenters. The molecule has 17 heteroatoms. The maximum atomic E-state index is 12.6. The summed E-state index contributed by atoms with van der Waals surface area (Å²) in [5, 5.41) is 39.2. The zero-order valence-corrected chi connectivity index (χ0v) is 22.4. The summed E-state index contributed by atoms with van der Waals surface area (Å²) >= 11 is 7.94. The number of carbonyl (C=O) groups excluding carboxylic acids is 5. The number of aliphatic hydroxyl groups excluding tert-OH is 2. The van der Waals surface area contributed by atoms with Crippen LogP contribution in [0.4, 0.5) is 0 Å². The molecule has 212 valence electrons. The van der Waals surface area contributed by atoms with Gasteiger partial charge in [0.2, 0.25) is 29.5 Å². The van der Waals surface area contributed by atoms with Crippen LogP contribution in [-0.2, 0) is 28.8 Å². The van der Waals surface area contributed by atoms with Crippen molar-refractivity contribution in [3.05, 3.63) is 0 Å². The molecule has 37 heavy (non-hydrogen) atoms. The Bertz CT molecular complexity index is 830. The van der Waals surface area contributed by atoms with Crippen LogP contribution in [0.2, 0.25) is 0 Å². The number of carboxylic acids is 1. The van der Waals surface area contributed by atoms with E-state index in [1.165, 1.54) is 0 Å². The van der Waals surface area contributed by atoms with Crippen LogP contribution in [0.15, 0.2) is 0 Å². The predicted molar refractivity (Wildman–Crippen MR) is 138 cm³/mol. The number of nitrogens with two attached hydrogens (primary N) is 1. The quantitative estimate of drug-likeness (QED) is 0.0794. The van der Waals surface area contributed by atoms with E-state index < -0.39 is 85.0 Å². The molecule has 0 aromatic carbocycles. The number of thiol groups is 2. The number of nitrogens with one attached hydrogen (secondary N) is 5. The molecule has 0 saturated heterocycles. The summed E-state index contributed by atoms with van der Waals surface area (Å²) in [5.41, 5.74) is 5.67. The highest BCUT2D eigenvalue weighted by molar-refractivity contribution is 7.80.